The summed E-state index contributed by atoms with van der Waals surface area (Å²) in [5, 5.41) is 15.4. The second-order valence-electron chi connectivity index (χ2n) is 4.94. The van der Waals surface area contributed by atoms with Gasteiger partial charge in [-0.3, -0.25) is 4.79 Å². The van der Waals surface area contributed by atoms with Gasteiger partial charge < -0.3 is 20.5 Å². The Morgan fingerprint density at radius 3 is 2.79 bits per heavy atom. The third-order valence-electron chi connectivity index (χ3n) is 3.50. The first-order chi connectivity index (χ1) is 9.15. The monoisotopic (exact) mass is 264 g/mol. The van der Waals surface area contributed by atoms with Crippen molar-refractivity contribution in [2.45, 2.75) is 18.4 Å². The van der Waals surface area contributed by atoms with Crippen LogP contribution in [0, 0.1) is 0 Å². The predicted molar refractivity (Wildman–Crippen MR) is 72.6 cm³/mol. The molecule has 19 heavy (non-hydrogen) atoms. The molecule has 1 saturated heterocycles. The third kappa shape index (κ3) is 3.45. The van der Waals surface area contributed by atoms with Gasteiger partial charge in [0.2, 0.25) is 0 Å². The van der Waals surface area contributed by atoms with E-state index in [0.717, 1.165) is 24.3 Å². The smallest absolute Gasteiger partial charge is 0.305 e. The van der Waals surface area contributed by atoms with Gasteiger partial charge in [-0.1, -0.05) is 18.2 Å². The number of aliphatic carboxylic acids is 1. The van der Waals surface area contributed by atoms with Gasteiger partial charge in [0.05, 0.1) is 19.1 Å². The Hall–Kier alpha value is -1.59. The molecule has 0 bridgehead atoms. The number of ether oxygens (including phenoxy) is 1. The highest BCUT2D eigenvalue weighted by Crippen LogP contribution is 2.19. The van der Waals surface area contributed by atoms with E-state index in [1.807, 2.05) is 24.3 Å². The van der Waals surface area contributed by atoms with Crippen molar-refractivity contribution in [2.24, 2.45) is 0 Å². The minimum absolute atomic E-state index is 0.159. The van der Waals surface area contributed by atoms with Crippen LogP contribution < -0.4 is 15.4 Å². The molecule has 0 atom stereocenters. The van der Waals surface area contributed by atoms with Crippen LogP contribution in [0.5, 0.6) is 5.75 Å². The van der Waals surface area contributed by atoms with Gasteiger partial charge in [0, 0.05) is 13.1 Å². The number of methoxy groups -OCH3 is 1. The normalized spacial score (nSPS) is 16.7. The summed E-state index contributed by atoms with van der Waals surface area (Å²) in [5.74, 6) is 0.120. The van der Waals surface area contributed by atoms with Gasteiger partial charge in [-0.15, -0.1) is 0 Å². The summed E-state index contributed by atoms with van der Waals surface area (Å²) >= 11 is 0. The number of para-hydroxylation sites is 1. The highest BCUT2D eigenvalue weighted by atomic mass is 16.5. The average Bonchev–Trinajstić information content (AvgIpc) is 2.35. The molecule has 2 rings (SSSR count). The summed E-state index contributed by atoms with van der Waals surface area (Å²) in [5.41, 5.74) is 0.851. The lowest BCUT2D eigenvalue weighted by Crippen LogP contribution is -2.68. The van der Waals surface area contributed by atoms with Gasteiger partial charge in [-0.2, -0.15) is 0 Å². The van der Waals surface area contributed by atoms with Crippen molar-refractivity contribution in [1.29, 1.82) is 0 Å². The topological polar surface area (TPSA) is 70.6 Å². The molecule has 1 aliphatic heterocycles. The molecule has 0 aromatic heterocycles. The first-order valence-corrected chi connectivity index (χ1v) is 6.45. The molecule has 3 N–H and O–H groups in total. The zero-order valence-electron chi connectivity index (χ0n) is 11.1. The number of carboxylic acids is 1. The molecule has 1 fully saturated rings. The van der Waals surface area contributed by atoms with E-state index in [4.69, 9.17) is 9.84 Å². The van der Waals surface area contributed by atoms with Crippen LogP contribution in [0.3, 0.4) is 0 Å². The van der Waals surface area contributed by atoms with Gasteiger partial charge in [-0.05, 0) is 24.6 Å². The molecule has 0 spiro atoms. The van der Waals surface area contributed by atoms with Crippen molar-refractivity contribution in [3.63, 3.8) is 0 Å². The molecular formula is C14H20N2O3. The number of carbonyl (C=O) groups is 1. The van der Waals surface area contributed by atoms with Crippen LogP contribution in [0.2, 0.25) is 0 Å². The van der Waals surface area contributed by atoms with E-state index in [1.165, 1.54) is 0 Å². The lowest BCUT2D eigenvalue weighted by atomic mass is 9.88. The Kier molecular flexibility index (Phi) is 4.39. The highest BCUT2D eigenvalue weighted by molar-refractivity contribution is 5.68. The van der Waals surface area contributed by atoms with Gasteiger partial charge in [0.25, 0.3) is 0 Å². The fourth-order valence-electron chi connectivity index (χ4n) is 2.40. The van der Waals surface area contributed by atoms with Crippen LogP contribution in [0.15, 0.2) is 24.3 Å². The predicted octanol–water partition coefficient (Wildman–Crippen LogP) is 0.644. The molecule has 0 unspecified atom stereocenters. The summed E-state index contributed by atoms with van der Waals surface area (Å²) < 4.78 is 5.30. The van der Waals surface area contributed by atoms with E-state index in [9.17, 15) is 4.79 Å². The fraction of sp³-hybridized carbons (Fsp3) is 0.500. The molecule has 0 saturated carbocycles. The Bertz CT molecular complexity index is 444. The largest absolute Gasteiger partial charge is 0.496 e. The molecule has 0 radical (unpaired) electrons. The zero-order chi connectivity index (χ0) is 13.7. The summed E-state index contributed by atoms with van der Waals surface area (Å²) in [7, 11) is 1.66. The van der Waals surface area contributed by atoms with Crippen molar-refractivity contribution in [1.82, 2.24) is 10.6 Å². The number of nitrogens with one attached hydrogen (secondary N) is 2. The van der Waals surface area contributed by atoms with Crippen LogP contribution in [-0.4, -0.2) is 43.4 Å². The lowest BCUT2D eigenvalue weighted by molar-refractivity contribution is -0.139. The highest BCUT2D eigenvalue weighted by Gasteiger charge is 2.38. The van der Waals surface area contributed by atoms with Crippen molar-refractivity contribution in [2.75, 3.05) is 26.7 Å². The number of hydrogen-bond donors (Lipinski definition) is 3. The van der Waals surface area contributed by atoms with Gasteiger partial charge in [0.15, 0.2) is 0 Å². The van der Waals surface area contributed by atoms with E-state index >= 15 is 0 Å². The maximum Gasteiger partial charge on any atom is 0.305 e. The van der Waals surface area contributed by atoms with Crippen molar-refractivity contribution in [3.8, 4) is 5.75 Å². The van der Waals surface area contributed by atoms with Crippen LogP contribution in [-0.2, 0) is 11.2 Å². The average molecular weight is 264 g/mol. The molecular weight excluding hydrogens is 244 g/mol. The summed E-state index contributed by atoms with van der Waals surface area (Å²) in [4.78, 5) is 10.9. The summed E-state index contributed by atoms with van der Waals surface area (Å²) in [6.07, 6.45) is 0.983. The maximum absolute atomic E-state index is 10.9. The quantitative estimate of drug-likeness (QED) is 0.674. The summed E-state index contributed by atoms with van der Waals surface area (Å²) in [6.45, 7) is 2.17. The molecule has 1 heterocycles. The molecule has 1 aromatic carbocycles. The molecule has 0 aliphatic carbocycles. The van der Waals surface area contributed by atoms with Crippen LogP contribution in [0.1, 0.15) is 12.0 Å². The molecule has 5 nitrogen and oxygen atoms in total. The number of rotatable bonds is 7. The summed E-state index contributed by atoms with van der Waals surface area (Å²) in [6, 6.07) is 7.89. The molecule has 5 heteroatoms. The van der Waals surface area contributed by atoms with Crippen LogP contribution in [0.25, 0.3) is 0 Å². The number of hydrogen-bond acceptors (Lipinski definition) is 4. The number of carboxylic acid groups (broad SMARTS) is 1. The van der Waals surface area contributed by atoms with Crippen molar-refractivity contribution >= 4 is 5.97 Å². The first kappa shape index (κ1) is 13.8. The van der Waals surface area contributed by atoms with Crippen LogP contribution >= 0.6 is 0 Å². The minimum Gasteiger partial charge on any atom is -0.496 e. The molecule has 0 amide bonds. The number of benzene rings is 1. The SMILES string of the molecule is COc1ccccc1CCNC1(CC(=O)O)CNC1. The standard InChI is InChI=1S/C14H20N2O3/c1-19-12-5-3-2-4-11(12)6-7-16-14(8-13(17)18)9-15-10-14/h2-5,15-16H,6-10H2,1H3,(H,17,18). The second kappa shape index (κ2) is 6.04. The zero-order valence-corrected chi connectivity index (χ0v) is 11.1. The Labute approximate surface area is 113 Å². The lowest BCUT2D eigenvalue weighted by Gasteiger charge is -2.42. The van der Waals surface area contributed by atoms with Crippen LogP contribution in [0.4, 0.5) is 0 Å². The van der Waals surface area contributed by atoms with E-state index in [2.05, 4.69) is 10.6 Å². The van der Waals surface area contributed by atoms with E-state index in [1.54, 1.807) is 7.11 Å². The van der Waals surface area contributed by atoms with Gasteiger partial charge in [0.1, 0.15) is 5.75 Å². The van der Waals surface area contributed by atoms with E-state index in [0.29, 0.717) is 13.1 Å². The fourth-order valence-corrected chi connectivity index (χ4v) is 2.40. The molecule has 104 valence electrons. The second-order valence-corrected chi connectivity index (χ2v) is 4.94. The van der Waals surface area contributed by atoms with E-state index in [-0.39, 0.29) is 12.0 Å². The molecule has 1 aromatic rings. The van der Waals surface area contributed by atoms with Gasteiger partial charge >= 0.3 is 5.97 Å². The minimum atomic E-state index is -0.758. The van der Waals surface area contributed by atoms with E-state index < -0.39 is 5.97 Å². The van der Waals surface area contributed by atoms with Gasteiger partial charge in [-0.25, -0.2) is 0 Å². The third-order valence-corrected chi connectivity index (χ3v) is 3.50. The Balaban J connectivity index is 1.87. The Morgan fingerprint density at radius 2 is 2.21 bits per heavy atom. The van der Waals surface area contributed by atoms with Crippen molar-refractivity contribution < 1.29 is 14.6 Å². The van der Waals surface area contributed by atoms with Crippen molar-refractivity contribution in [3.05, 3.63) is 29.8 Å². The maximum atomic E-state index is 10.9. The first-order valence-electron chi connectivity index (χ1n) is 6.45. The Morgan fingerprint density at radius 1 is 1.47 bits per heavy atom. The molecule has 1 aliphatic rings.